The Balaban J connectivity index is 2.35. The molecule has 19 heavy (non-hydrogen) atoms. The van der Waals surface area contributed by atoms with Crippen LogP contribution in [0, 0.1) is 11.6 Å². The molecule has 4 nitrogen and oxygen atoms in total. The number of amides is 1. The molecule has 0 aromatic heterocycles. The summed E-state index contributed by atoms with van der Waals surface area (Å²) in [7, 11) is 0. The summed E-state index contributed by atoms with van der Waals surface area (Å²) in [5.74, 6) is -4.06. The van der Waals surface area contributed by atoms with Gasteiger partial charge < -0.3 is 10.0 Å². The lowest BCUT2D eigenvalue weighted by molar-refractivity contribution is -0.141. The highest BCUT2D eigenvalue weighted by Gasteiger charge is 2.35. The van der Waals surface area contributed by atoms with Gasteiger partial charge in [0, 0.05) is 6.54 Å². The summed E-state index contributed by atoms with van der Waals surface area (Å²) in [6, 6.07) is 0.872. The summed E-state index contributed by atoms with van der Waals surface area (Å²) < 4.78 is 26.7. The zero-order valence-corrected chi connectivity index (χ0v) is 10.5. The van der Waals surface area contributed by atoms with Gasteiger partial charge in [-0.25, -0.2) is 13.6 Å². The van der Waals surface area contributed by atoms with Crippen LogP contribution in [0.25, 0.3) is 0 Å². The van der Waals surface area contributed by atoms with Gasteiger partial charge in [-0.15, -0.1) is 0 Å². The second-order valence-electron chi connectivity index (χ2n) is 4.22. The SMILES string of the molecule is O=C(O)[C@@H]1CCCN1C(=O)c1ccc(F)c(Cl)c1F. The second-order valence-corrected chi connectivity index (χ2v) is 4.60. The fourth-order valence-corrected chi connectivity index (χ4v) is 2.28. The molecule has 0 aliphatic carbocycles. The number of carbonyl (C=O) groups excluding carboxylic acids is 1. The Morgan fingerprint density at radius 3 is 2.68 bits per heavy atom. The van der Waals surface area contributed by atoms with Crippen LogP contribution in [0.4, 0.5) is 8.78 Å². The quantitative estimate of drug-likeness (QED) is 0.850. The first-order valence-corrected chi connectivity index (χ1v) is 5.98. The van der Waals surface area contributed by atoms with Gasteiger partial charge >= 0.3 is 5.97 Å². The van der Waals surface area contributed by atoms with Gasteiger partial charge in [0.15, 0.2) is 5.82 Å². The number of hydrogen-bond acceptors (Lipinski definition) is 2. The Morgan fingerprint density at radius 1 is 1.37 bits per heavy atom. The Labute approximate surface area is 112 Å². The fourth-order valence-electron chi connectivity index (χ4n) is 2.11. The summed E-state index contributed by atoms with van der Waals surface area (Å²) in [4.78, 5) is 24.1. The summed E-state index contributed by atoms with van der Waals surface area (Å²) >= 11 is 5.40. The Kier molecular flexibility index (Phi) is 3.71. The first kappa shape index (κ1) is 13.7. The van der Waals surface area contributed by atoms with Crippen molar-refractivity contribution in [2.75, 3.05) is 6.54 Å². The molecule has 1 aliphatic rings. The Hall–Kier alpha value is -1.69. The van der Waals surface area contributed by atoms with Crippen molar-refractivity contribution < 1.29 is 23.5 Å². The second kappa shape index (κ2) is 5.13. The molecule has 102 valence electrons. The average molecular weight is 290 g/mol. The molecule has 1 N–H and O–H groups in total. The van der Waals surface area contributed by atoms with Gasteiger partial charge in [0.1, 0.15) is 16.9 Å². The molecule has 0 radical (unpaired) electrons. The van der Waals surface area contributed by atoms with Crippen LogP contribution in [0.2, 0.25) is 5.02 Å². The molecule has 1 fully saturated rings. The van der Waals surface area contributed by atoms with Gasteiger partial charge in [-0.1, -0.05) is 11.6 Å². The maximum absolute atomic E-state index is 13.7. The van der Waals surface area contributed by atoms with E-state index in [1.807, 2.05) is 0 Å². The number of hydrogen-bond donors (Lipinski definition) is 1. The van der Waals surface area contributed by atoms with Gasteiger partial charge in [0.25, 0.3) is 5.91 Å². The van der Waals surface area contributed by atoms with E-state index in [-0.39, 0.29) is 6.54 Å². The minimum absolute atomic E-state index is 0.226. The van der Waals surface area contributed by atoms with Crippen LogP contribution in [0.3, 0.4) is 0 Å². The van der Waals surface area contributed by atoms with Gasteiger partial charge in [0.05, 0.1) is 5.56 Å². The number of likely N-dealkylation sites (tertiary alicyclic amines) is 1. The van der Waals surface area contributed by atoms with Crippen LogP contribution in [0.5, 0.6) is 0 Å². The third-order valence-electron chi connectivity index (χ3n) is 3.06. The van der Waals surface area contributed by atoms with Gasteiger partial charge in [-0.05, 0) is 25.0 Å². The largest absolute Gasteiger partial charge is 0.480 e. The van der Waals surface area contributed by atoms with Crippen LogP contribution >= 0.6 is 11.6 Å². The monoisotopic (exact) mass is 289 g/mol. The first-order chi connectivity index (χ1) is 8.93. The molecule has 1 saturated heterocycles. The third-order valence-corrected chi connectivity index (χ3v) is 3.41. The van der Waals surface area contributed by atoms with Gasteiger partial charge in [-0.3, -0.25) is 4.79 Å². The molecule has 1 aliphatic heterocycles. The van der Waals surface area contributed by atoms with E-state index in [2.05, 4.69) is 0 Å². The molecular weight excluding hydrogens is 280 g/mol. The normalized spacial score (nSPS) is 18.7. The highest BCUT2D eigenvalue weighted by Crippen LogP contribution is 2.26. The molecule has 1 heterocycles. The zero-order valence-electron chi connectivity index (χ0n) is 9.70. The molecular formula is C12H10ClF2NO3. The molecule has 2 rings (SSSR count). The fraction of sp³-hybridized carbons (Fsp3) is 0.333. The molecule has 1 amide bonds. The van der Waals surface area contributed by atoms with E-state index in [9.17, 15) is 18.4 Å². The van der Waals surface area contributed by atoms with E-state index >= 15 is 0 Å². The van der Waals surface area contributed by atoms with Crippen molar-refractivity contribution in [2.24, 2.45) is 0 Å². The van der Waals surface area contributed by atoms with E-state index in [0.717, 1.165) is 17.0 Å². The van der Waals surface area contributed by atoms with Crippen LogP contribution in [-0.2, 0) is 4.79 Å². The van der Waals surface area contributed by atoms with Crippen molar-refractivity contribution >= 4 is 23.5 Å². The standard InChI is InChI=1S/C12H10ClF2NO3/c13-9-7(14)4-3-6(10(9)15)11(17)16-5-1-2-8(16)12(18)19/h3-4,8H,1-2,5H2,(H,18,19)/t8-/m0/s1. The predicted molar refractivity (Wildman–Crippen MR) is 63.1 cm³/mol. The van der Waals surface area contributed by atoms with Crippen LogP contribution in [0.1, 0.15) is 23.2 Å². The maximum Gasteiger partial charge on any atom is 0.326 e. The maximum atomic E-state index is 13.7. The van der Waals surface area contributed by atoms with Crippen LogP contribution in [-0.4, -0.2) is 34.5 Å². The van der Waals surface area contributed by atoms with Gasteiger partial charge in [0.2, 0.25) is 0 Å². The summed E-state index contributed by atoms with van der Waals surface area (Å²) in [6.45, 7) is 0.226. The predicted octanol–water partition coefficient (Wildman–Crippen LogP) is 2.31. The average Bonchev–Trinajstić information content (AvgIpc) is 2.84. The number of carboxylic acid groups (broad SMARTS) is 1. The molecule has 1 atom stereocenters. The summed E-state index contributed by atoms with van der Waals surface area (Å²) in [6.07, 6.45) is 0.844. The highest BCUT2D eigenvalue weighted by atomic mass is 35.5. The minimum atomic E-state index is -1.16. The number of halogens is 3. The molecule has 1 aromatic carbocycles. The molecule has 0 bridgehead atoms. The van der Waals surface area contributed by atoms with Crippen LogP contribution in [0.15, 0.2) is 12.1 Å². The Morgan fingerprint density at radius 2 is 2.05 bits per heavy atom. The first-order valence-electron chi connectivity index (χ1n) is 5.60. The number of carboxylic acids is 1. The topological polar surface area (TPSA) is 57.6 Å². The molecule has 0 unspecified atom stereocenters. The van der Waals surface area contributed by atoms with Crippen molar-refractivity contribution in [3.63, 3.8) is 0 Å². The lowest BCUT2D eigenvalue weighted by atomic mass is 10.1. The van der Waals surface area contributed by atoms with Crippen molar-refractivity contribution in [2.45, 2.75) is 18.9 Å². The van der Waals surface area contributed by atoms with Crippen LogP contribution < -0.4 is 0 Å². The van der Waals surface area contributed by atoms with E-state index in [4.69, 9.17) is 16.7 Å². The van der Waals surface area contributed by atoms with Crippen molar-refractivity contribution in [3.8, 4) is 0 Å². The van der Waals surface area contributed by atoms with Crippen molar-refractivity contribution in [1.82, 2.24) is 4.90 Å². The number of carbonyl (C=O) groups is 2. The van der Waals surface area contributed by atoms with E-state index in [0.29, 0.717) is 12.8 Å². The Bertz CT molecular complexity index is 550. The van der Waals surface area contributed by atoms with Crippen molar-refractivity contribution in [3.05, 3.63) is 34.4 Å². The lowest BCUT2D eigenvalue weighted by Crippen LogP contribution is -2.40. The molecule has 0 spiro atoms. The summed E-state index contributed by atoms with van der Waals surface area (Å²) in [5.41, 5.74) is -0.417. The number of benzene rings is 1. The number of aliphatic carboxylic acids is 1. The number of nitrogens with zero attached hydrogens (tertiary/aromatic N) is 1. The minimum Gasteiger partial charge on any atom is -0.480 e. The number of rotatable bonds is 2. The van der Waals surface area contributed by atoms with E-state index in [1.54, 1.807) is 0 Å². The highest BCUT2D eigenvalue weighted by molar-refractivity contribution is 6.31. The van der Waals surface area contributed by atoms with Crippen molar-refractivity contribution in [1.29, 1.82) is 0 Å². The van der Waals surface area contributed by atoms with E-state index < -0.39 is 40.1 Å². The van der Waals surface area contributed by atoms with E-state index in [1.165, 1.54) is 0 Å². The third kappa shape index (κ3) is 2.40. The zero-order chi connectivity index (χ0) is 14.2. The lowest BCUT2D eigenvalue weighted by Gasteiger charge is -2.21. The van der Waals surface area contributed by atoms with Gasteiger partial charge in [-0.2, -0.15) is 0 Å². The summed E-state index contributed by atoms with van der Waals surface area (Å²) in [5, 5.41) is 8.21. The molecule has 1 aromatic rings. The smallest absolute Gasteiger partial charge is 0.326 e. The molecule has 7 heteroatoms. The molecule has 0 saturated carbocycles.